The molecule has 0 fully saturated rings. The van der Waals surface area contributed by atoms with E-state index in [0.29, 0.717) is 6.42 Å². The Balaban J connectivity index is 3.67. The van der Waals surface area contributed by atoms with Gasteiger partial charge < -0.3 is 20.1 Å². The van der Waals surface area contributed by atoms with E-state index in [9.17, 15) is 19.0 Å². The average molecular weight is 902 g/mol. The van der Waals surface area contributed by atoms with Crippen LogP contribution in [0.2, 0.25) is 0 Å². The number of esters is 2. The molecule has 2 unspecified atom stereocenters. The Bertz CT molecular complexity index is 984. The van der Waals surface area contributed by atoms with E-state index in [1.165, 1.54) is 225 Å². The van der Waals surface area contributed by atoms with Gasteiger partial charge in [0.25, 0.3) is 0 Å². The van der Waals surface area contributed by atoms with Crippen molar-refractivity contribution in [3.63, 3.8) is 0 Å². The van der Waals surface area contributed by atoms with Crippen LogP contribution in [-0.4, -0.2) is 49.3 Å². The summed E-state index contributed by atoms with van der Waals surface area (Å²) in [5.74, 6) is -0.819. The molecule has 0 spiro atoms. The SMILES string of the molecule is CCCCCCCCCCCCCCCCCCCCCCCCCCCCCCCCCCCCC(=O)OC(COC(=O)CCCCCCCCC)COP(=O)(O)OCCN. The van der Waals surface area contributed by atoms with E-state index >= 15 is 0 Å². The van der Waals surface area contributed by atoms with Crippen molar-refractivity contribution in [2.45, 2.75) is 296 Å². The van der Waals surface area contributed by atoms with Crippen molar-refractivity contribution in [3.05, 3.63) is 0 Å². The van der Waals surface area contributed by atoms with E-state index in [2.05, 4.69) is 13.8 Å². The highest BCUT2D eigenvalue weighted by molar-refractivity contribution is 7.47. The highest BCUT2D eigenvalue weighted by Gasteiger charge is 2.26. The van der Waals surface area contributed by atoms with Crippen molar-refractivity contribution >= 4 is 19.8 Å². The third-order valence-electron chi connectivity index (χ3n) is 12.2. The molecule has 0 bridgehead atoms. The third kappa shape index (κ3) is 48.5. The molecule has 0 aromatic carbocycles. The van der Waals surface area contributed by atoms with Crippen molar-refractivity contribution in [2.75, 3.05) is 26.4 Å². The van der Waals surface area contributed by atoms with Crippen molar-refractivity contribution in [3.8, 4) is 0 Å². The Morgan fingerprint density at radius 3 is 0.984 bits per heavy atom. The number of hydrogen-bond acceptors (Lipinski definition) is 8. The van der Waals surface area contributed by atoms with E-state index in [4.69, 9.17) is 24.3 Å². The number of hydrogen-bond donors (Lipinski definition) is 2. The lowest BCUT2D eigenvalue weighted by atomic mass is 10.0. The molecule has 0 rings (SSSR count). The second-order valence-corrected chi connectivity index (χ2v) is 19.9. The summed E-state index contributed by atoms with van der Waals surface area (Å²) >= 11 is 0. The lowest BCUT2D eigenvalue weighted by Gasteiger charge is -2.19. The van der Waals surface area contributed by atoms with Crippen LogP contribution in [0.15, 0.2) is 0 Å². The molecule has 0 aliphatic rings. The standard InChI is InChI=1S/C52H104NO8P/c1-3-5-7-9-11-12-13-14-15-16-17-18-19-20-21-22-23-24-25-26-27-28-29-30-31-32-33-34-35-36-37-39-41-43-45-52(55)61-50(49-60-62(56,57)59-47-46-53)48-58-51(54)44-42-40-38-10-8-6-4-2/h50H,3-49,53H2,1-2H3,(H,56,57). The minimum absolute atomic E-state index is 0.0578. The average Bonchev–Trinajstić information content (AvgIpc) is 3.26. The molecule has 62 heavy (non-hydrogen) atoms. The third-order valence-corrected chi connectivity index (χ3v) is 13.2. The zero-order valence-corrected chi connectivity index (χ0v) is 42.0. The van der Waals surface area contributed by atoms with Crippen LogP contribution in [0, 0.1) is 0 Å². The number of ether oxygens (including phenoxy) is 2. The van der Waals surface area contributed by atoms with Gasteiger partial charge in [0.2, 0.25) is 0 Å². The highest BCUT2D eigenvalue weighted by Crippen LogP contribution is 2.43. The number of phosphoric acid groups is 1. The number of carbonyl (C=O) groups is 2. The lowest BCUT2D eigenvalue weighted by molar-refractivity contribution is -0.161. The molecule has 0 amide bonds. The number of carbonyl (C=O) groups excluding carboxylic acids is 2. The predicted molar refractivity (Wildman–Crippen MR) is 262 cm³/mol. The topological polar surface area (TPSA) is 134 Å². The van der Waals surface area contributed by atoms with Gasteiger partial charge in [0.05, 0.1) is 13.2 Å². The summed E-state index contributed by atoms with van der Waals surface area (Å²) in [5.41, 5.74) is 5.35. The fraction of sp³-hybridized carbons (Fsp3) is 0.962. The first kappa shape index (κ1) is 61.0. The Morgan fingerprint density at radius 2 is 0.694 bits per heavy atom. The predicted octanol–water partition coefficient (Wildman–Crippen LogP) is 16.3. The van der Waals surface area contributed by atoms with Gasteiger partial charge in [-0.3, -0.25) is 18.6 Å². The minimum Gasteiger partial charge on any atom is -0.462 e. The normalized spacial score (nSPS) is 13.0. The molecule has 0 saturated heterocycles. The second kappa shape index (κ2) is 49.4. The molecular weight excluding hydrogens is 798 g/mol. The van der Waals surface area contributed by atoms with Crippen LogP contribution in [0.5, 0.6) is 0 Å². The molecule has 370 valence electrons. The number of rotatable bonds is 52. The van der Waals surface area contributed by atoms with Gasteiger partial charge in [-0.05, 0) is 12.8 Å². The van der Waals surface area contributed by atoms with E-state index < -0.39 is 26.5 Å². The van der Waals surface area contributed by atoms with Gasteiger partial charge in [-0.25, -0.2) is 4.57 Å². The van der Waals surface area contributed by atoms with E-state index in [1.54, 1.807) is 0 Å². The molecule has 0 aromatic rings. The van der Waals surface area contributed by atoms with Crippen LogP contribution >= 0.6 is 7.82 Å². The van der Waals surface area contributed by atoms with Gasteiger partial charge in [0.15, 0.2) is 6.10 Å². The molecule has 0 aliphatic heterocycles. The molecule has 2 atom stereocenters. The van der Waals surface area contributed by atoms with Gasteiger partial charge in [-0.15, -0.1) is 0 Å². The fourth-order valence-corrected chi connectivity index (χ4v) is 8.99. The number of phosphoric ester groups is 1. The summed E-state index contributed by atoms with van der Waals surface area (Å²) in [6, 6.07) is 0. The van der Waals surface area contributed by atoms with Gasteiger partial charge >= 0.3 is 19.8 Å². The van der Waals surface area contributed by atoms with Gasteiger partial charge in [-0.1, -0.05) is 264 Å². The van der Waals surface area contributed by atoms with Gasteiger partial charge in [0, 0.05) is 19.4 Å². The second-order valence-electron chi connectivity index (χ2n) is 18.5. The maximum Gasteiger partial charge on any atom is 0.472 e. The molecule has 0 heterocycles. The molecule has 0 saturated carbocycles. The lowest BCUT2D eigenvalue weighted by Crippen LogP contribution is -2.29. The molecular formula is C52H104NO8P. The van der Waals surface area contributed by atoms with Crippen molar-refractivity contribution < 1.29 is 37.6 Å². The molecule has 0 aromatic heterocycles. The Morgan fingerprint density at radius 1 is 0.419 bits per heavy atom. The molecule has 0 radical (unpaired) electrons. The maximum absolute atomic E-state index is 12.6. The summed E-state index contributed by atoms with van der Waals surface area (Å²) < 4.78 is 32.7. The first-order chi connectivity index (χ1) is 30.3. The van der Waals surface area contributed by atoms with Crippen molar-refractivity contribution in [1.82, 2.24) is 0 Å². The van der Waals surface area contributed by atoms with E-state index in [-0.39, 0.29) is 38.6 Å². The largest absolute Gasteiger partial charge is 0.472 e. The summed E-state index contributed by atoms with van der Waals surface area (Å²) in [6.45, 7) is 3.73. The summed E-state index contributed by atoms with van der Waals surface area (Å²) in [7, 11) is -4.37. The van der Waals surface area contributed by atoms with Crippen LogP contribution < -0.4 is 5.73 Å². The van der Waals surface area contributed by atoms with Crippen LogP contribution in [0.1, 0.15) is 290 Å². The Kier molecular flexibility index (Phi) is 48.7. The van der Waals surface area contributed by atoms with Crippen LogP contribution in [0.4, 0.5) is 0 Å². The Hall–Kier alpha value is -0.990. The molecule has 9 nitrogen and oxygen atoms in total. The molecule has 10 heteroatoms. The monoisotopic (exact) mass is 902 g/mol. The Labute approximate surface area is 384 Å². The van der Waals surface area contributed by atoms with Gasteiger partial charge in [-0.2, -0.15) is 0 Å². The fourth-order valence-electron chi connectivity index (χ4n) is 8.23. The highest BCUT2D eigenvalue weighted by atomic mass is 31.2. The minimum atomic E-state index is -4.37. The van der Waals surface area contributed by atoms with Gasteiger partial charge in [0.1, 0.15) is 6.61 Å². The first-order valence-electron chi connectivity index (χ1n) is 27.0. The summed E-state index contributed by atoms with van der Waals surface area (Å²) in [4.78, 5) is 34.7. The maximum atomic E-state index is 12.6. The first-order valence-corrected chi connectivity index (χ1v) is 28.5. The number of nitrogens with two attached hydrogens (primary N) is 1. The molecule has 0 aliphatic carbocycles. The van der Waals surface area contributed by atoms with E-state index in [0.717, 1.165) is 32.1 Å². The van der Waals surface area contributed by atoms with Crippen LogP contribution in [0.3, 0.4) is 0 Å². The number of unbranched alkanes of at least 4 members (excludes halogenated alkanes) is 39. The van der Waals surface area contributed by atoms with Crippen LogP contribution in [-0.2, 0) is 32.7 Å². The van der Waals surface area contributed by atoms with E-state index in [1.807, 2.05) is 0 Å². The zero-order valence-electron chi connectivity index (χ0n) is 41.1. The molecule has 3 N–H and O–H groups in total. The van der Waals surface area contributed by atoms with Crippen LogP contribution in [0.25, 0.3) is 0 Å². The zero-order chi connectivity index (χ0) is 45.3. The van der Waals surface area contributed by atoms with Crippen molar-refractivity contribution in [1.29, 1.82) is 0 Å². The summed E-state index contributed by atoms with van der Waals surface area (Å²) in [6.07, 6.45) is 53.6. The summed E-state index contributed by atoms with van der Waals surface area (Å²) in [5, 5.41) is 0. The quantitative estimate of drug-likeness (QED) is 0.0347. The van der Waals surface area contributed by atoms with Crippen molar-refractivity contribution in [2.24, 2.45) is 5.73 Å². The smallest absolute Gasteiger partial charge is 0.462 e.